The number of hydrogen-bond acceptors (Lipinski definition) is 6. The Morgan fingerprint density at radius 1 is 1.09 bits per heavy atom. The van der Waals surface area contributed by atoms with Crippen molar-refractivity contribution in [3.63, 3.8) is 0 Å². The van der Waals surface area contributed by atoms with Crippen LogP contribution in [0.2, 0.25) is 0 Å². The Balaban J connectivity index is 2.08. The maximum atomic E-state index is 12.4. The minimum Gasteiger partial charge on any atom is -0.493 e. The van der Waals surface area contributed by atoms with Crippen molar-refractivity contribution < 1.29 is 19.0 Å². The molecule has 1 aliphatic rings. The zero-order valence-electron chi connectivity index (χ0n) is 13.7. The van der Waals surface area contributed by atoms with Crippen LogP contribution in [-0.4, -0.2) is 69.3 Å². The molecule has 6 heteroatoms. The van der Waals surface area contributed by atoms with Crippen molar-refractivity contribution in [1.29, 1.82) is 0 Å². The molecule has 1 fully saturated rings. The fourth-order valence-corrected chi connectivity index (χ4v) is 2.46. The van der Waals surface area contributed by atoms with Crippen molar-refractivity contribution in [2.24, 2.45) is 0 Å². The second-order valence-electron chi connectivity index (χ2n) is 5.43. The number of nitrogens with zero attached hydrogens (tertiary/aromatic N) is 2. The van der Waals surface area contributed by atoms with E-state index in [2.05, 4.69) is 16.8 Å². The van der Waals surface area contributed by atoms with Crippen molar-refractivity contribution in [3.8, 4) is 17.2 Å². The van der Waals surface area contributed by atoms with Crippen LogP contribution >= 0.6 is 0 Å². The van der Waals surface area contributed by atoms with Gasteiger partial charge < -0.3 is 19.1 Å². The van der Waals surface area contributed by atoms with E-state index in [1.807, 2.05) is 6.92 Å². The SMILES string of the molecule is COc1cccc(OC)c1OC(=O)C(C)N1CCN(C)CC1. The number of likely N-dealkylation sites (N-methyl/N-ethyl adjacent to an activating group) is 1. The fraction of sp³-hybridized carbons (Fsp3) is 0.562. The molecule has 22 heavy (non-hydrogen) atoms. The van der Waals surface area contributed by atoms with E-state index in [9.17, 15) is 4.79 Å². The second kappa shape index (κ2) is 7.47. The molecule has 122 valence electrons. The molecule has 0 radical (unpaired) electrons. The third-order valence-corrected chi connectivity index (χ3v) is 4.01. The average Bonchev–Trinajstić information content (AvgIpc) is 2.55. The van der Waals surface area contributed by atoms with Crippen molar-refractivity contribution in [3.05, 3.63) is 18.2 Å². The molecule has 1 saturated heterocycles. The molecular formula is C16H24N2O4. The predicted molar refractivity (Wildman–Crippen MR) is 83.7 cm³/mol. The van der Waals surface area contributed by atoms with Gasteiger partial charge in [-0.3, -0.25) is 4.90 Å². The van der Waals surface area contributed by atoms with E-state index in [0.717, 1.165) is 26.2 Å². The number of ether oxygens (including phenoxy) is 3. The maximum absolute atomic E-state index is 12.4. The van der Waals surface area contributed by atoms with Gasteiger partial charge in [0.1, 0.15) is 6.04 Å². The number of methoxy groups -OCH3 is 2. The van der Waals surface area contributed by atoms with E-state index in [4.69, 9.17) is 14.2 Å². The Bertz CT molecular complexity index is 491. The molecular weight excluding hydrogens is 284 g/mol. The Hall–Kier alpha value is -1.79. The van der Waals surface area contributed by atoms with E-state index in [1.165, 1.54) is 14.2 Å². The van der Waals surface area contributed by atoms with Gasteiger partial charge in [-0.2, -0.15) is 0 Å². The standard InChI is InChI=1S/C16H24N2O4/c1-12(18-10-8-17(2)9-11-18)16(19)22-15-13(20-3)6-5-7-14(15)21-4/h5-7,12H,8-11H2,1-4H3. The molecule has 0 saturated carbocycles. The van der Waals surface area contributed by atoms with E-state index in [1.54, 1.807) is 18.2 Å². The highest BCUT2D eigenvalue weighted by atomic mass is 16.6. The van der Waals surface area contributed by atoms with E-state index >= 15 is 0 Å². The van der Waals surface area contributed by atoms with Gasteiger partial charge in [-0.15, -0.1) is 0 Å². The van der Waals surface area contributed by atoms with Gasteiger partial charge in [0.15, 0.2) is 11.5 Å². The van der Waals surface area contributed by atoms with Gasteiger partial charge in [-0.1, -0.05) is 6.07 Å². The predicted octanol–water partition coefficient (Wildman–Crippen LogP) is 1.25. The zero-order valence-corrected chi connectivity index (χ0v) is 13.7. The summed E-state index contributed by atoms with van der Waals surface area (Å²) >= 11 is 0. The van der Waals surface area contributed by atoms with Crippen LogP contribution < -0.4 is 14.2 Å². The minimum absolute atomic E-state index is 0.299. The summed E-state index contributed by atoms with van der Waals surface area (Å²) in [5.41, 5.74) is 0. The van der Waals surface area contributed by atoms with Crippen molar-refractivity contribution >= 4 is 5.97 Å². The highest BCUT2D eigenvalue weighted by Crippen LogP contribution is 2.37. The molecule has 1 heterocycles. The average molecular weight is 308 g/mol. The number of esters is 1. The van der Waals surface area contributed by atoms with E-state index in [0.29, 0.717) is 17.2 Å². The molecule has 1 aliphatic heterocycles. The van der Waals surface area contributed by atoms with Crippen LogP contribution in [0.25, 0.3) is 0 Å². The van der Waals surface area contributed by atoms with Crippen LogP contribution in [0.1, 0.15) is 6.92 Å². The number of piperazine rings is 1. The summed E-state index contributed by atoms with van der Waals surface area (Å²) in [6, 6.07) is 4.97. The normalized spacial score (nSPS) is 17.8. The first-order valence-corrected chi connectivity index (χ1v) is 7.42. The molecule has 1 aromatic rings. The van der Waals surface area contributed by atoms with Crippen LogP contribution in [0.15, 0.2) is 18.2 Å². The lowest BCUT2D eigenvalue weighted by Crippen LogP contribution is -2.51. The van der Waals surface area contributed by atoms with E-state index in [-0.39, 0.29) is 12.0 Å². The molecule has 1 atom stereocenters. The summed E-state index contributed by atoms with van der Waals surface area (Å²) in [6.07, 6.45) is 0. The van der Waals surface area contributed by atoms with Crippen LogP contribution in [0.5, 0.6) is 17.2 Å². The molecule has 0 spiro atoms. The first kappa shape index (κ1) is 16.6. The minimum atomic E-state index is -0.302. The van der Waals surface area contributed by atoms with Gasteiger partial charge in [0.05, 0.1) is 14.2 Å². The van der Waals surface area contributed by atoms with Gasteiger partial charge in [-0.05, 0) is 26.1 Å². The van der Waals surface area contributed by atoms with Gasteiger partial charge in [-0.25, -0.2) is 4.79 Å². The molecule has 0 N–H and O–H groups in total. The molecule has 0 amide bonds. The molecule has 2 rings (SSSR count). The topological polar surface area (TPSA) is 51.2 Å². The second-order valence-corrected chi connectivity index (χ2v) is 5.43. The lowest BCUT2D eigenvalue weighted by Gasteiger charge is -2.35. The number of carbonyl (C=O) groups is 1. The lowest BCUT2D eigenvalue weighted by molar-refractivity contribution is -0.140. The molecule has 0 aromatic heterocycles. The summed E-state index contributed by atoms with van der Waals surface area (Å²) in [4.78, 5) is 16.8. The lowest BCUT2D eigenvalue weighted by atomic mass is 10.2. The first-order chi connectivity index (χ1) is 10.6. The number of rotatable bonds is 5. The monoisotopic (exact) mass is 308 g/mol. The van der Waals surface area contributed by atoms with Gasteiger partial charge in [0.2, 0.25) is 5.75 Å². The van der Waals surface area contributed by atoms with Crippen molar-refractivity contribution in [2.75, 3.05) is 47.4 Å². The number of benzene rings is 1. The fourth-order valence-electron chi connectivity index (χ4n) is 2.46. The number of para-hydroxylation sites is 1. The Kier molecular flexibility index (Phi) is 5.63. The third kappa shape index (κ3) is 3.69. The quantitative estimate of drug-likeness (QED) is 0.603. The van der Waals surface area contributed by atoms with Crippen LogP contribution in [0, 0.1) is 0 Å². The number of carbonyl (C=O) groups excluding carboxylic acids is 1. The van der Waals surface area contributed by atoms with Crippen molar-refractivity contribution in [1.82, 2.24) is 9.80 Å². The third-order valence-electron chi connectivity index (χ3n) is 4.01. The smallest absolute Gasteiger partial charge is 0.328 e. The Morgan fingerprint density at radius 2 is 1.64 bits per heavy atom. The molecule has 0 aliphatic carbocycles. The Labute approximate surface area is 131 Å². The molecule has 1 unspecified atom stereocenters. The van der Waals surface area contributed by atoms with Crippen LogP contribution in [0.3, 0.4) is 0 Å². The van der Waals surface area contributed by atoms with Crippen molar-refractivity contribution in [2.45, 2.75) is 13.0 Å². The van der Waals surface area contributed by atoms with E-state index < -0.39 is 0 Å². The van der Waals surface area contributed by atoms with Gasteiger partial charge in [0, 0.05) is 26.2 Å². The summed E-state index contributed by atoms with van der Waals surface area (Å²) in [7, 11) is 5.16. The summed E-state index contributed by atoms with van der Waals surface area (Å²) in [5, 5.41) is 0. The highest BCUT2D eigenvalue weighted by Gasteiger charge is 2.27. The highest BCUT2D eigenvalue weighted by molar-refractivity contribution is 5.79. The molecule has 0 bridgehead atoms. The maximum Gasteiger partial charge on any atom is 0.328 e. The number of hydrogen-bond donors (Lipinski definition) is 0. The molecule has 1 aromatic carbocycles. The first-order valence-electron chi connectivity index (χ1n) is 7.42. The largest absolute Gasteiger partial charge is 0.493 e. The molecule has 6 nitrogen and oxygen atoms in total. The Morgan fingerprint density at radius 3 is 2.14 bits per heavy atom. The van der Waals surface area contributed by atoms with Gasteiger partial charge in [0.25, 0.3) is 0 Å². The summed E-state index contributed by atoms with van der Waals surface area (Å²) in [6.45, 7) is 5.49. The van der Waals surface area contributed by atoms with Crippen LogP contribution in [0.4, 0.5) is 0 Å². The summed E-state index contributed by atoms with van der Waals surface area (Å²) < 4.78 is 16.1. The summed E-state index contributed by atoms with van der Waals surface area (Å²) in [5.74, 6) is 1.00. The van der Waals surface area contributed by atoms with Gasteiger partial charge >= 0.3 is 5.97 Å². The van der Waals surface area contributed by atoms with Crippen LogP contribution in [-0.2, 0) is 4.79 Å². The zero-order chi connectivity index (χ0) is 16.1.